The molecular formula is C16H17F5. The second-order valence-corrected chi connectivity index (χ2v) is 5.58. The summed E-state index contributed by atoms with van der Waals surface area (Å²) in [4.78, 5) is 0. The lowest BCUT2D eigenvalue weighted by molar-refractivity contribution is 0.428. The molecule has 1 aliphatic rings. The summed E-state index contributed by atoms with van der Waals surface area (Å²) >= 11 is 0. The number of halogens is 5. The van der Waals surface area contributed by atoms with Crippen LogP contribution in [0.15, 0.2) is 18.0 Å². The van der Waals surface area contributed by atoms with E-state index in [1.54, 1.807) is 0 Å². The Morgan fingerprint density at radius 2 is 1.71 bits per heavy atom. The van der Waals surface area contributed by atoms with E-state index in [1.807, 2.05) is 6.92 Å². The first kappa shape index (κ1) is 16.0. The molecule has 0 heterocycles. The van der Waals surface area contributed by atoms with E-state index < -0.39 is 40.6 Å². The molecule has 0 radical (unpaired) electrons. The van der Waals surface area contributed by atoms with E-state index in [0.717, 1.165) is 19.3 Å². The smallest absolute Gasteiger partial charge is 0.194 e. The molecule has 2 rings (SSSR count). The zero-order chi connectivity index (χ0) is 15.6. The van der Waals surface area contributed by atoms with E-state index in [0.29, 0.717) is 30.9 Å². The van der Waals surface area contributed by atoms with Crippen LogP contribution in [0, 0.1) is 29.3 Å². The highest BCUT2D eigenvalue weighted by atomic mass is 19.2. The molecule has 1 aliphatic carbocycles. The minimum atomic E-state index is -1.68. The molecule has 2 unspecified atom stereocenters. The minimum Gasteiger partial charge on any atom is -0.208 e. The van der Waals surface area contributed by atoms with Gasteiger partial charge in [0.25, 0.3) is 0 Å². The van der Waals surface area contributed by atoms with Crippen molar-refractivity contribution in [2.24, 2.45) is 11.8 Å². The standard InChI is InChI=1S/C16H17F5/c1-2-3-9-4-5-10(6-9)14(19)15(20)11-7-12(17)16(21)13(18)8-11/h7-10H,2-6H2,1H3. The molecule has 0 amide bonds. The molecule has 0 nitrogen and oxygen atoms in total. The van der Waals surface area contributed by atoms with E-state index in [1.165, 1.54) is 0 Å². The maximum atomic E-state index is 14.1. The van der Waals surface area contributed by atoms with Gasteiger partial charge in [0.1, 0.15) is 5.83 Å². The SMILES string of the molecule is CCCC1CCC(C(F)=C(F)c2cc(F)c(F)c(F)c2)C1. The molecule has 0 aromatic heterocycles. The van der Waals surface area contributed by atoms with Gasteiger partial charge in [-0.2, -0.15) is 0 Å². The molecule has 1 aromatic carbocycles. The highest BCUT2D eigenvalue weighted by Crippen LogP contribution is 2.41. The lowest BCUT2D eigenvalue weighted by atomic mass is 9.98. The molecule has 1 fully saturated rings. The average molecular weight is 304 g/mol. The molecule has 21 heavy (non-hydrogen) atoms. The van der Waals surface area contributed by atoms with Crippen LogP contribution in [-0.2, 0) is 0 Å². The maximum Gasteiger partial charge on any atom is 0.194 e. The van der Waals surface area contributed by atoms with Gasteiger partial charge in [0.05, 0.1) is 0 Å². The molecule has 116 valence electrons. The van der Waals surface area contributed by atoms with Crippen molar-refractivity contribution in [2.75, 3.05) is 0 Å². The summed E-state index contributed by atoms with van der Waals surface area (Å²) in [6.45, 7) is 2.03. The van der Waals surface area contributed by atoms with Crippen LogP contribution in [-0.4, -0.2) is 0 Å². The number of allylic oxidation sites excluding steroid dienone is 1. The van der Waals surface area contributed by atoms with Gasteiger partial charge >= 0.3 is 0 Å². The van der Waals surface area contributed by atoms with Crippen molar-refractivity contribution < 1.29 is 22.0 Å². The molecule has 5 heteroatoms. The number of benzene rings is 1. The summed E-state index contributed by atoms with van der Waals surface area (Å²) in [5.41, 5.74) is -0.595. The second-order valence-electron chi connectivity index (χ2n) is 5.58. The molecule has 2 atom stereocenters. The molecule has 0 N–H and O–H groups in total. The van der Waals surface area contributed by atoms with Crippen molar-refractivity contribution in [3.63, 3.8) is 0 Å². The van der Waals surface area contributed by atoms with E-state index in [2.05, 4.69) is 0 Å². The van der Waals surface area contributed by atoms with E-state index in [-0.39, 0.29) is 0 Å². The van der Waals surface area contributed by atoms with Crippen molar-refractivity contribution >= 4 is 5.83 Å². The molecule has 0 spiro atoms. The van der Waals surface area contributed by atoms with Gasteiger partial charge < -0.3 is 0 Å². The van der Waals surface area contributed by atoms with Crippen molar-refractivity contribution in [2.45, 2.75) is 39.0 Å². The van der Waals surface area contributed by atoms with Crippen LogP contribution < -0.4 is 0 Å². The second kappa shape index (κ2) is 6.58. The first-order chi connectivity index (χ1) is 9.93. The van der Waals surface area contributed by atoms with Gasteiger partial charge in [-0.15, -0.1) is 0 Å². The van der Waals surface area contributed by atoms with Gasteiger partial charge in [0.15, 0.2) is 23.3 Å². The van der Waals surface area contributed by atoms with Gasteiger partial charge in [-0.25, -0.2) is 22.0 Å². The van der Waals surface area contributed by atoms with Crippen LogP contribution in [0.4, 0.5) is 22.0 Å². The monoisotopic (exact) mass is 304 g/mol. The molecule has 0 bridgehead atoms. The Morgan fingerprint density at radius 3 is 2.29 bits per heavy atom. The fourth-order valence-corrected chi connectivity index (χ4v) is 2.97. The molecular weight excluding hydrogens is 287 g/mol. The number of rotatable bonds is 4. The summed E-state index contributed by atoms with van der Waals surface area (Å²) in [6, 6.07) is 0.956. The predicted octanol–water partition coefficient (Wildman–Crippen LogP) is 5.93. The zero-order valence-electron chi connectivity index (χ0n) is 11.7. The van der Waals surface area contributed by atoms with Crippen molar-refractivity contribution in [3.8, 4) is 0 Å². The van der Waals surface area contributed by atoms with Gasteiger partial charge in [-0.05, 0) is 37.3 Å². The highest BCUT2D eigenvalue weighted by molar-refractivity contribution is 5.61. The third-order valence-electron chi connectivity index (χ3n) is 4.04. The van der Waals surface area contributed by atoms with Crippen molar-refractivity contribution in [1.29, 1.82) is 0 Å². The average Bonchev–Trinajstić information content (AvgIpc) is 2.91. The Bertz CT molecular complexity index is 527. The summed E-state index contributed by atoms with van der Waals surface area (Å²) in [5.74, 6) is -7.21. The summed E-state index contributed by atoms with van der Waals surface area (Å²) in [5, 5.41) is 0. The Morgan fingerprint density at radius 1 is 1.10 bits per heavy atom. The Balaban J connectivity index is 2.23. The van der Waals surface area contributed by atoms with Crippen LogP contribution in [0.25, 0.3) is 5.83 Å². The first-order valence-corrected chi connectivity index (χ1v) is 7.14. The van der Waals surface area contributed by atoms with E-state index >= 15 is 0 Å². The van der Waals surface area contributed by atoms with Gasteiger partial charge in [0, 0.05) is 11.5 Å². The minimum absolute atomic E-state index is 0.361. The third-order valence-corrected chi connectivity index (χ3v) is 4.04. The lowest BCUT2D eigenvalue weighted by Gasteiger charge is -2.10. The summed E-state index contributed by atoms with van der Waals surface area (Å²) < 4.78 is 67.1. The van der Waals surface area contributed by atoms with Crippen LogP contribution in [0.1, 0.15) is 44.6 Å². The topological polar surface area (TPSA) is 0 Å². The largest absolute Gasteiger partial charge is 0.208 e. The van der Waals surface area contributed by atoms with E-state index in [4.69, 9.17) is 0 Å². The van der Waals surface area contributed by atoms with Gasteiger partial charge in [-0.3, -0.25) is 0 Å². The quantitative estimate of drug-likeness (QED) is 0.478. The zero-order valence-corrected chi connectivity index (χ0v) is 11.7. The van der Waals surface area contributed by atoms with Crippen molar-refractivity contribution in [3.05, 3.63) is 41.0 Å². The number of hydrogen-bond acceptors (Lipinski definition) is 0. The molecule has 1 aromatic rings. The summed E-state index contributed by atoms with van der Waals surface area (Å²) in [7, 11) is 0. The molecule has 0 saturated heterocycles. The van der Waals surface area contributed by atoms with Crippen LogP contribution in [0.3, 0.4) is 0 Å². The molecule has 0 aliphatic heterocycles. The maximum absolute atomic E-state index is 14.1. The van der Waals surface area contributed by atoms with E-state index in [9.17, 15) is 22.0 Å². The fourth-order valence-electron chi connectivity index (χ4n) is 2.97. The normalized spacial score (nSPS) is 23.3. The van der Waals surface area contributed by atoms with Gasteiger partial charge in [0.2, 0.25) is 0 Å². The molecule has 1 saturated carbocycles. The Kier molecular flexibility index (Phi) is 5.01. The summed E-state index contributed by atoms with van der Waals surface area (Å²) in [6.07, 6.45) is 3.84. The third kappa shape index (κ3) is 3.44. The predicted molar refractivity (Wildman–Crippen MR) is 71.2 cm³/mol. The van der Waals surface area contributed by atoms with Crippen LogP contribution in [0.5, 0.6) is 0 Å². The Labute approximate surface area is 120 Å². The highest BCUT2D eigenvalue weighted by Gasteiger charge is 2.30. The van der Waals surface area contributed by atoms with Crippen LogP contribution >= 0.6 is 0 Å². The fraction of sp³-hybridized carbons (Fsp3) is 0.500. The first-order valence-electron chi connectivity index (χ1n) is 7.14. The van der Waals surface area contributed by atoms with Crippen molar-refractivity contribution in [1.82, 2.24) is 0 Å². The Hall–Kier alpha value is -1.39. The number of hydrogen-bond donors (Lipinski definition) is 0. The van der Waals surface area contributed by atoms with Crippen LogP contribution in [0.2, 0.25) is 0 Å². The van der Waals surface area contributed by atoms with Gasteiger partial charge in [-0.1, -0.05) is 19.8 Å². The lowest BCUT2D eigenvalue weighted by Crippen LogP contribution is -2.00.